The molecule has 0 saturated heterocycles. The highest BCUT2D eigenvalue weighted by molar-refractivity contribution is 8.17. The molecule has 0 unspecified atom stereocenters. The molecule has 7 rings (SSSR count). The van der Waals surface area contributed by atoms with E-state index in [1.807, 2.05) is 0 Å². The lowest BCUT2D eigenvalue weighted by Gasteiger charge is -2.55. The number of ether oxygens (including phenoxy) is 2. The standard InChI is InChI=1S/C32H36O3S/c1-22-13-29(36(27-9-5-3-6-10-27)28-11-7-4-8-12-28)14-23(2)31(22)34-21-30(33)35-32-18-24-15-25(19-32)17-26(16-24)20-32/h3-14,24-26,36H,15-21H2,1-2H3. The maximum atomic E-state index is 12.9. The van der Waals surface area contributed by atoms with Crippen molar-refractivity contribution in [1.82, 2.24) is 0 Å². The third-order valence-electron chi connectivity index (χ3n) is 8.38. The van der Waals surface area contributed by atoms with Crippen molar-refractivity contribution in [1.29, 1.82) is 0 Å². The fraction of sp³-hybridized carbons (Fsp3) is 0.406. The fourth-order valence-electron chi connectivity index (χ4n) is 7.44. The van der Waals surface area contributed by atoms with E-state index < -0.39 is 10.9 Å². The lowest BCUT2D eigenvalue weighted by atomic mass is 9.54. The monoisotopic (exact) mass is 500 g/mol. The molecule has 4 saturated carbocycles. The molecule has 188 valence electrons. The van der Waals surface area contributed by atoms with Gasteiger partial charge in [0.1, 0.15) is 11.4 Å². The Morgan fingerprint density at radius 3 is 1.72 bits per heavy atom. The smallest absolute Gasteiger partial charge is 0.344 e. The van der Waals surface area contributed by atoms with E-state index in [1.165, 1.54) is 33.9 Å². The van der Waals surface area contributed by atoms with Crippen LogP contribution >= 0.6 is 10.9 Å². The van der Waals surface area contributed by atoms with Gasteiger partial charge in [0.15, 0.2) is 6.61 Å². The lowest BCUT2D eigenvalue weighted by molar-refractivity contribution is -0.188. The summed E-state index contributed by atoms with van der Waals surface area (Å²) >= 11 is 0. The number of rotatable bonds is 7. The Kier molecular flexibility index (Phi) is 6.33. The minimum atomic E-state index is -0.679. The third-order valence-corrected chi connectivity index (χ3v) is 10.8. The number of benzene rings is 3. The van der Waals surface area contributed by atoms with Crippen molar-refractivity contribution in [2.24, 2.45) is 17.8 Å². The van der Waals surface area contributed by atoms with Crippen LogP contribution in [0.1, 0.15) is 49.7 Å². The fourth-order valence-corrected chi connectivity index (χ4v) is 9.92. The van der Waals surface area contributed by atoms with Crippen LogP contribution in [0.5, 0.6) is 5.75 Å². The molecule has 3 nitrogen and oxygen atoms in total. The van der Waals surface area contributed by atoms with Crippen LogP contribution in [0.3, 0.4) is 0 Å². The summed E-state index contributed by atoms with van der Waals surface area (Å²) in [4.78, 5) is 16.9. The van der Waals surface area contributed by atoms with Crippen molar-refractivity contribution in [3.05, 3.63) is 83.9 Å². The van der Waals surface area contributed by atoms with Crippen LogP contribution < -0.4 is 4.74 Å². The second-order valence-corrected chi connectivity index (χ2v) is 13.5. The first kappa shape index (κ1) is 23.7. The Morgan fingerprint density at radius 2 is 1.25 bits per heavy atom. The van der Waals surface area contributed by atoms with Gasteiger partial charge in [-0.05, 0) is 132 Å². The van der Waals surface area contributed by atoms with Crippen LogP contribution in [-0.2, 0) is 9.53 Å². The summed E-state index contributed by atoms with van der Waals surface area (Å²) in [5, 5.41) is 0. The zero-order valence-corrected chi connectivity index (χ0v) is 22.2. The topological polar surface area (TPSA) is 35.5 Å². The predicted molar refractivity (Wildman–Crippen MR) is 145 cm³/mol. The van der Waals surface area contributed by atoms with Crippen LogP contribution in [-0.4, -0.2) is 18.2 Å². The van der Waals surface area contributed by atoms with E-state index in [0.29, 0.717) is 0 Å². The van der Waals surface area contributed by atoms with Gasteiger partial charge in [-0.25, -0.2) is 4.79 Å². The first-order chi connectivity index (χ1) is 17.5. The quantitative estimate of drug-likeness (QED) is 0.267. The summed E-state index contributed by atoms with van der Waals surface area (Å²) in [5.74, 6) is 2.86. The number of hydrogen-bond acceptors (Lipinski definition) is 3. The average Bonchev–Trinajstić information content (AvgIpc) is 2.84. The van der Waals surface area contributed by atoms with Gasteiger partial charge < -0.3 is 9.47 Å². The zero-order valence-electron chi connectivity index (χ0n) is 21.3. The van der Waals surface area contributed by atoms with Gasteiger partial charge >= 0.3 is 5.97 Å². The molecule has 0 radical (unpaired) electrons. The molecule has 0 atom stereocenters. The van der Waals surface area contributed by atoms with E-state index in [2.05, 4.69) is 86.6 Å². The molecule has 3 aromatic carbocycles. The molecular formula is C32H36O3S. The Hall–Kier alpha value is -2.72. The summed E-state index contributed by atoms with van der Waals surface area (Å²) in [6, 6.07) is 25.9. The molecule has 4 heteroatoms. The molecule has 0 spiro atoms. The SMILES string of the molecule is Cc1cc([SH](c2ccccc2)c2ccccc2)cc(C)c1OCC(=O)OC12CC3CC(CC(C3)C1)C2. The zero-order chi connectivity index (χ0) is 24.7. The molecule has 4 aliphatic rings. The Morgan fingerprint density at radius 1 is 0.778 bits per heavy atom. The van der Waals surface area contributed by atoms with Gasteiger partial charge in [0.05, 0.1) is 0 Å². The highest BCUT2D eigenvalue weighted by Gasteiger charge is 2.53. The summed E-state index contributed by atoms with van der Waals surface area (Å²) in [6.45, 7) is 4.15. The Bertz CT molecular complexity index is 1140. The number of hydrogen-bond donors (Lipinski definition) is 1. The van der Waals surface area contributed by atoms with E-state index >= 15 is 0 Å². The number of carbonyl (C=O) groups excluding carboxylic acids is 1. The molecule has 4 fully saturated rings. The van der Waals surface area contributed by atoms with E-state index in [1.54, 1.807) is 0 Å². The molecule has 0 amide bonds. The Balaban J connectivity index is 1.19. The maximum absolute atomic E-state index is 12.9. The van der Waals surface area contributed by atoms with Crippen LogP contribution in [0, 0.1) is 31.6 Å². The Labute approximate surface area is 217 Å². The van der Waals surface area contributed by atoms with E-state index in [9.17, 15) is 4.79 Å². The minimum Gasteiger partial charge on any atom is -0.481 e. The van der Waals surface area contributed by atoms with Crippen molar-refractivity contribution in [2.75, 3.05) is 6.61 Å². The van der Waals surface area contributed by atoms with Gasteiger partial charge in [-0.15, -0.1) is 0 Å². The van der Waals surface area contributed by atoms with Crippen LogP contribution in [0.15, 0.2) is 87.5 Å². The molecular weight excluding hydrogens is 464 g/mol. The maximum Gasteiger partial charge on any atom is 0.344 e. The van der Waals surface area contributed by atoms with Crippen LogP contribution in [0.2, 0.25) is 0 Å². The first-order valence-electron chi connectivity index (χ1n) is 13.3. The van der Waals surface area contributed by atoms with Crippen LogP contribution in [0.4, 0.5) is 0 Å². The second-order valence-electron chi connectivity index (χ2n) is 11.3. The number of thiol groups is 1. The highest BCUT2D eigenvalue weighted by Crippen LogP contribution is 2.57. The number of esters is 1. The molecule has 4 bridgehead atoms. The van der Waals surface area contributed by atoms with E-state index in [0.717, 1.165) is 53.9 Å². The summed E-state index contributed by atoms with van der Waals surface area (Å²) in [5.41, 5.74) is 1.91. The van der Waals surface area contributed by atoms with Gasteiger partial charge in [-0.2, -0.15) is 10.9 Å². The average molecular weight is 501 g/mol. The van der Waals surface area contributed by atoms with Crippen molar-refractivity contribution in [3.63, 3.8) is 0 Å². The van der Waals surface area contributed by atoms with Gasteiger partial charge in [0, 0.05) is 0 Å². The molecule has 0 heterocycles. The summed E-state index contributed by atoms with van der Waals surface area (Å²) < 4.78 is 12.3. The highest BCUT2D eigenvalue weighted by atomic mass is 32.2. The summed E-state index contributed by atoms with van der Waals surface area (Å²) in [6.07, 6.45) is 7.19. The summed E-state index contributed by atoms with van der Waals surface area (Å²) in [7, 11) is -0.679. The van der Waals surface area contributed by atoms with Crippen LogP contribution in [0.25, 0.3) is 0 Å². The normalized spacial score (nSPS) is 26.5. The predicted octanol–water partition coefficient (Wildman–Crippen LogP) is 7.67. The molecule has 0 aliphatic heterocycles. The van der Waals surface area contributed by atoms with Crippen molar-refractivity contribution in [3.8, 4) is 5.75 Å². The van der Waals surface area contributed by atoms with Crippen molar-refractivity contribution < 1.29 is 14.3 Å². The first-order valence-corrected chi connectivity index (χ1v) is 14.7. The molecule has 3 aromatic rings. The van der Waals surface area contributed by atoms with Gasteiger partial charge in [0.25, 0.3) is 0 Å². The van der Waals surface area contributed by atoms with Crippen molar-refractivity contribution in [2.45, 2.75) is 72.7 Å². The lowest BCUT2D eigenvalue weighted by Crippen LogP contribution is -2.53. The van der Waals surface area contributed by atoms with E-state index in [4.69, 9.17) is 9.47 Å². The largest absolute Gasteiger partial charge is 0.481 e. The van der Waals surface area contributed by atoms with Gasteiger partial charge in [-0.3, -0.25) is 0 Å². The molecule has 0 N–H and O–H groups in total. The third kappa shape index (κ3) is 4.68. The molecule has 4 aliphatic carbocycles. The minimum absolute atomic E-state index is 0.0189. The van der Waals surface area contributed by atoms with Gasteiger partial charge in [0.2, 0.25) is 0 Å². The number of aryl methyl sites for hydroxylation is 2. The van der Waals surface area contributed by atoms with Crippen molar-refractivity contribution >= 4 is 16.9 Å². The molecule has 0 aromatic heterocycles. The van der Waals surface area contributed by atoms with E-state index in [-0.39, 0.29) is 18.2 Å². The second kappa shape index (κ2) is 9.63. The number of carbonyl (C=O) groups is 1. The molecule has 36 heavy (non-hydrogen) atoms. The van der Waals surface area contributed by atoms with Gasteiger partial charge in [-0.1, -0.05) is 36.4 Å².